The average molecular weight is 241 g/mol. The summed E-state index contributed by atoms with van der Waals surface area (Å²) >= 11 is 1.62. The van der Waals surface area contributed by atoms with Crippen molar-refractivity contribution >= 4 is 30.4 Å². The molecule has 0 bridgehead atoms. The molecule has 0 unspecified atom stereocenters. The van der Waals surface area contributed by atoms with E-state index in [-0.39, 0.29) is 0 Å². The van der Waals surface area contributed by atoms with Gasteiger partial charge in [0.15, 0.2) is 0 Å². The maximum atomic E-state index is 4.61. The van der Waals surface area contributed by atoms with E-state index in [0.717, 1.165) is 0 Å². The van der Waals surface area contributed by atoms with E-state index in [1.54, 1.807) is 33.9 Å². The predicted octanol–water partition coefficient (Wildman–Crippen LogP) is 2.66. The minimum atomic E-state index is 1.62. The van der Waals surface area contributed by atoms with Crippen molar-refractivity contribution in [3.8, 4) is 0 Å². The molecule has 0 aromatic carbocycles. The summed E-state index contributed by atoms with van der Waals surface area (Å²) in [6.07, 6.45) is 3.50. The third-order valence-corrected chi connectivity index (χ3v) is 0.566. The summed E-state index contributed by atoms with van der Waals surface area (Å²) < 4.78 is 0. The minimum absolute atomic E-state index is 1.62. The van der Waals surface area contributed by atoms with E-state index >= 15 is 0 Å². The zero-order valence-electron chi connectivity index (χ0n) is 4.09. The van der Waals surface area contributed by atoms with Crippen LogP contribution in [0.5, 0.6) is 0 Å². The van der Waals surface area contributed by atoms with Gasteiger partial charge in [0, 0.05) is 33.9 Å². The van der Waals surface area contributed by atoms with E-state index in [9.17, 15) is 0 Å². The number of rotatable bonds is 0. The van der Waals surface area contributed by atoms with E-state index in [4.69, 9.17) is 0 Å². The Hall–Kier alpha value is 0.170. The molecule has 0 aliphatic heterocycles. The highest BCUT2D eigenvalue weighted by Crippen LogP contribution is 1.79. The number of aromatic nitrogens is 1. The van der Waals surface area contributed by atoms with Crippen molar-refractivity contribution in [1.29, 1.82) is 0 Å². The van der Waals surface area contributed by atoms with Crippen molar-refractivity contribution in [2.75, 3.05) is 0 Å². The molecule has 8 heavy (non-hydrogen) atoms. The van der Waals surface area contributed by atoms with Crippen molar-refractivity contribution < 1.29 is 0 Å². The molecule has 1 nitrogen and oxygen atoms in total. The Labute approximate surface area is 65.9 Å². The molecule has 0 amide bonds. The zero-order chi connectivity index (χ0) is 6.24. The van der Waals surface area contributed by atoms with Gasteiger partial charge in [-0.25, -0.2) is 0 Å². The van der Waals surface area contributed by atoms with E-state index in [1.807, 2.05) is 18.2 Å². The van der Waals surface area contributed by atoms with Crippen molar-refractivity contribution in [2.45, 2.75) is 0 Å². The van der Waals surface area contributed by atoms with Crippen molar-refractivity contribution in [3.63, 3.8) is 0 Å². The Balaban J connectivity index is 0.000000222. The average Bonchev–Trinajstić information content (AvgIpc) is 1.96. The first-order valence-electron chi connectivity index (χ1n) is 1.99. The monoisotopic (exact) mass is 241 g/mol. The van der Waals surface area contributed by atoms with Gasteiger partial charge in [0.2, 0.25) is 0 Å². The molecule has 0 atom stereocenters. The Morgan fingerprint density at radius 1 is 1.00 bits per heavy atom. The van der Waals surface area contributed by atoms with Gasteiger partial charge >= 0.3 is 0 Å². The topological polar surface area (TPSA) is 12.9 Å². The quantitative estimate of drug-likeness (QED) is 0.636. The molecule has 0 saturated heterocycles. The fourth-order valence-electron chi connectivity index (χ4n) is 0.313. The summed E-state index contributed by atoms with van der Waals surface area (Å²) in [5.74, 6) is 0. The molecule has 1 rings (SSSR count). The van der Waals surface area contributed by atoms with Crippen LogP contribution in [0.25, 0.3) is 0 Å². The van der Waals surface area contributed by atoms with E-state index in [1.165, 1.54) is 0 Å². The normalized spacial score (nSPS) is 6.75. The molecule has 1 aromatic rings. The van der Waals surface area contributed by atoms with Crippen LogP contribution in [-0.4, -0.2) is 4.98 Å². The smallest absolute Gasteiger partial charge is 0.0425 e. The summed E-state index contributed by atoms with van der Waals surface area (Å²) in [6.45, 7) is 0. The van der Waals surface area contributed by atoms with Crippen LogP contribution in [-0.2, 0) is 0 Å². The third kappa shape index (κ3) is 4.33. The van der Waals surface area contributed by atoms with E-state index in [0.29, 0.717) is 0 Å². The van der Waals surface area contributed by atoms with Crippen LogP contribution in [0.2, 0.25) is 0 Å². The second-order valence-corrected chi connectivity index (χ2v) is 1.02. The van der Waals surface area contributed by atoms with Gasteiger partial charge in [0.05, 0.1) is 0 Å². The van der Waals surface area contributed by atoms with Gasteiger partial charge in [-0.15, -0.1) is 0 Å². The van der Waals surface area contributed by atoms with Gasteiger partial charge in [-0.1, -0.05) is 6.07 Å². The molecule has 0 aliphatic rings. The van der Waals surface area contributed by atoms with Crippen LogP contribution in [0, 0.1) is 0 Å². The number of hydrogen-bond donors (Lipinski definition) is 0. The molecular weight excluding hydrogens is 236 g/mol. The summed E-state index contributed by atoms with van der Waals surface area (Å²) in [7, 11) is 4.61. The van der Waals surface area contributed by atoms with Gasteiger partial charge in [-0.2, -0.15) is 0 Å². The summed E-state index contributed by atoms with van der Waals surface area (Å²) in [5, 5.41) is 0. The van der Waals surface area contributed by atoms with Crippen molar-refractivity contribution in [3.05, 3.63) is 30.6 Å². The van der Waals surface area contributed by atoms with Crippen molar-refractivity contribution in [1.82, 2.24) is 4.98 Å². The van der Waals surface area contributed by atoms with Crippen LogP contribution in [0.1, 0.15) is 0 Å². The molecule has 1 heterocycles. The fraction of sp³-hybridized carbons (Fsp3) is 0. The molecule has 0 aliphatic carbocycles. The Morgan fingerprint density at radius 3 is 1.62 bits per heavy atom. The van der Waals surface area contributed by atoms with Gasteiger partial charge in [-0.05, 0) is 21.0 Å². The van der Waals surface area contributed by atoms with E-state index in [2.05, 4.69) is 13.9 Å². The highest BCUT2D eigenvalue weighted by molar-refractivity contribution is 14.1. The number of nitrogens with zero attached hydrogens (tertiary/aromatic N) is 1. The largest absolute Gasteiger partial charge is 0.265 e. The van der Waals surface area contributed by atoms with Crippen LogP contribution in [0.3, 0.4) is 0 Å². The van der Waals surface area contributed by atoms with E-state index < -0.39 is 0 Å². The summed E-state index contributed by atoms with van der Waals surface area (Å²) in [6, 6.07) is 5.72. The predicted molar refractivity (Wildman–Crippen MR) is 44.1 cm³/mol. The SMILES string of the molecule is ClI.c1ccncc1. The second-order valence-electron chi connectivity index (χ2n) is 1.02. The first kappa shape index (κ1) is 8.17. The van der Waals surface area contributed by atoms with Gasteiger partial charge in [0.25, 0.3) is 0 Å². The second kappa shape index (κ2) is 7.17. The minimum Gasteiger partial charge on any atom is -0.265 e. The molecule has 0 N–H and O–H groups in total. The Bertz CT molecular complexity index is 84.4. The van der Waals surface area contributed by atoms with Crippen LogP contribution in [0.4, 0.5) is 0 Å². The third-order valence-electron chi connectivity index (χ3n) is 0.566. The maximum absolute atomic E-state index is 4.61. The standard InChI is InChI=1S/C5H5N.ClI/c1-2-4-6-5-3-1;1-2/h1-5H;. The molecule has 3 heteroatoms. The lowest BCUT2D eigenvalue weighted by molar-refractivity contribution is 1.33. The zero-order valence-corrected chi connectivity index (χ0v) is 7.00. The van der Waals surface area contributed by atoms with Crippen LogP contribution < -0.4 is 0 Å². The molecule has 0 saturated carbocycles. The fourth-order valence-corrected chi connectivity index (χ4v) is 0.313. The first-order valence-corrected chi connectivity index (χ1v) is 4.72. The number of halogens is 2. The Kier molecular flexibility index (Phi) is 7.32. The lowest BCUT2D eigenvalue weighted by atomic mass is 10.5. The number of pyridine rings is 1. The molecule has 1 aromatic heterocycles. The summed E-state index contributed by atoms with van der Waals surface area (Å²) in [4.78, 5) is 3.78. The first-order chi connectivity index (χ1) is 4.00. The highest BCUT2D eigenvalue weighted by atomic mass is 127. The van der Waals surface area contributed by atoms with Gasteiger partial charge < -0.3 is 0 Å². The molecule has 0 spiro atoms. The van der Waals surface area contributed by atoms with Crippen molar-refractivity contribution in [2.24, 2.45) is 0 Å². The lowest BCUT2D eigenvalue weighted by Crippen LogP contribution is -1.58. The van der Waals surface area contributed by atoms with Crippen LogP contribution in [0.15, 0.2) is 30.6 Å². The summed E-state index contributed by atoms with van der Waals surface area (Å²) in [5.41, 5.74) is 0. The Morgan fingerprint density at radius 2 is 1.50 bits per heavy atom. The molecule has 0 radical (unpaired) electrons. The van der Waals surface area contributed by atoms with Gasteiger partial charge in [-0.3, -0.25) is 4.98 Å². The lowest BCUT2D eigenvalue weighted by Gasteiger charge is -1.70. The maximum Gasteiger partial charge on any atom is 0.0425 e. The molecule has 44 valence electrons. The highest BCUT2D eigenvalue weighted by Gasteiger charge is 1.58. The molecule has 0 fully saturated rings. The number of hydrogen-bond acceptors (Lipinski definition) is 1. The van der Waals surface area contributed by atoms with Gasteiger partial charge in [0.1, 0.15) is 0 Å². The van der Waals surface area contributed by atoms with Crippen LogP contribution >= 0.6 is 30.4 Å². The molecular formula is C5H5ClIN.